The Labute approximate surface area is 114 Å². The zero-order valence-electron chi connectivity index (χ0n) is 12.3. The maximum absolute atomic E-state index is 3.50. The Hall–Kier alpha value is -0.0800. The van der Waals surface area contributed by atoms with Crippen LogP contribution in [0, 0.1) is 5.92 Å². The Morgan fingerprint density at radius 3 is 2.56 bits per heavy atom. The third-order valence-electron chi connectivity index (χ3n) is 4.89. The van der Waals surface area contributed by atoms with Crippen molar-refractivity contribution in [3.63, 3.8) is 0 Å². The van der Waals surface area contributed by atoms with Gasteiger partial charge in [-0.25, -0.2) is 0 Å². The minimum atomic E-state index is 0.929. The highest BCUT2D eigenvalue weighted by atomic mass is 15.2. The van der Waals surface area contributed by atoms with E-state index in [1.165, 1.54) is 84.0 Å². The second-order valence-electron chi connectivity index (χ2n) is 6.25. The van der Waals surface area contributed by atoms with Crippen molar-refractivity contribution >= 4 is 0 Å². The van der Waals surface area contributed by atoms with Crippen LogP contribution in [0.5, 0.6) is 0 Å². The molecule has 0 aromatic heterocycles. The molecule has 1 atom stereocenters. The van der Waals surface area contributed by atoms with Crippen molar-refractivity contribution in [3.05, 3.63) is 0 Å². The quantitative estimate of drug-likeness (QED) is 0.698. The fraction of sp³-hybridized carbons (Fsp3) is 1.00. The van der Waals surface area contributed by atoms with Gasteiger partial charge in [0.25, 0.3) is 0 Å². The van der Waals surface area contributed by atoms with Crippen LogP contribution >= 0.6 is 0 Å². The van der Waals surface area contributed by atoms with E-state index in [0.717, 1.165) is 12.0 Å². The minimum absolute atomic E-state index is 0.929. The number of nitrogens with zero attached hydrogens (tertiary/aromatic N) is 1. The molecule has 1 N–H and O–H groups in total. The first-order chi connectivity index (χ1) is 8.92. The lowest BCUT2D eigenvalue weighted by Gasteiger charge is -2.34. The third kappa shape index (κ3) is 4.24. The highest BCUT2D eigenvalue weighted by Gasteiger charge is 2.31. The van der Waals surface area contributed by atoms with Gasteiger partial charge in [0, 0.05) is 6.04 Å². The van der Waals surface area contributed by atoms with Crippen LogP contribution in [0.15, 0.2) is 0 Å². The standard InChI is InChI=1S/C16H32N2/c1-2-3-4-5-6-13-18-14-7-8-16(18)15-9-11-17-12-10-15/h15-17H,2-14H2,1H3. The molecule has 0 spiro atoms. The first kappa shape index (κ1) is 14.3. The SMILES string of the molecule is CCCCCCCN1CCCC1C1CCNCC1. The Morgan fingerprint density at radius 1 is 1.00 bits per heavy atom. The summed E-state index contributed by atoms with van der Waals surface area (Å²) in [7, 11) is 0. The summed E-state index contributed by atoms with van der Waals surface area (Å²) >= 11 is 0. The number of rotatable bonds is 7. The molecule has 18 heavy (non-hydrogen) atoms. The van der Waals surface area contributed by atoms with Gasteiger partial charge in [0.2, 0.25) is 0 Å². The van der Waals surface area contributed by atoms with Crippen LogP contribution in [0.2, 0.25) is 0 Å². The van der Waals surface area contributed by atoms with Gasteiger partial charge in [-0.05, 0) is 64.2 Å². The van der Waals surface area contributed by atoms with Crippen molar-refractivity contribution in [2.45, 2.75) is 70.8 Å². The lowest BCUT2D eigenvalue weighted by Crippen LogP contribution is -2.41. The van der Waals surface area contributed by atoms with E-state index in [-0.39, 0.29) is 0 Å². The van der Waals surface area contributed by atoms with Gasteiger partial charge < -0.3 is 10.2 Å². The second kappa shape index (κ2) is 8.16. The Bertz CT molecular complexity index is 211. The molecular weight excluding hydrogens is 220 g/mol. The molecular formula is C16H32N2. The monoisotopic (exact) mass is 252 g/mol. The number of hydrogen-bond donors (Lipinski definition) is 1. The summed E-state index contributed by atoms with van der Waals surface area (Å²) < 4.78 is 0. The van der Waals surface area contributed by atoms with E-state index in [1.54, 1.807) is 0 Å². The highest BCUT2D eigenvalue weighted by molar-refractivity contribution is 4.87. The Balaban J connectivity index is 1.66. The van der Waals surface area contributed by atoms with E-state index >= 15 is 0 Å². The molecule has 2 aliphatic heterocycles. The molecule has 2 saturated heterocycles. The number of piperidine rings is 1. The van der Waals surface area contributed by atoms with Crippen LogP contribution in [0.4, 0.5) is 0 Å². The highest BCUT2D eigenvalue weighted by Crippen LogP contribution is 2.29. The third-order valence-corrected chi connectivity index (χ3v) is 4.89. The van der Waals surface area contributed by atoms with Crippen LogP contribution in [0.25, 0.3) is 0 Å². The van der Waals surface area contributed by atoms with E-state index in [2.05, 4.69) is 17.1 Å². The zero-order valence-corrected chi connectivity index (χ0v) is 12.3. The van der Waals surface area contributed by atoms with Crippen molar-refractivity contribution in [1.29, 1.82) is 0 Å². The molecule has 0 radical (unpaired) electrons. The van der Waals surface area contributed by atoms with Crippen molar-refractivity contribution in [1.82, 2.24) is 10.2 Å². The fourth-order valence-corrected chi connectivity index (χ4v) is 3.81. The van der Waals surface area contributed by atoms with Gasteiger partial charge >= 0.3 is 0 Å². The fourth-order valence-electron chi connectivity index (χ4n) is 3.81. The lowest BCUT2D eigenvalue weighted by molar-refractivity contribution is 0.160. The van der Waals surface area contributed by atoms with Crippen LogP contribution in [0.1, 0.15) is 64.7 Å². The van der Waals surface area contributed by atoms with Gasteiger partial charge in [0.15, 0.2) is 0 Å². The molecule has 0 amide bonds. The van der Waals surface area contributed by atoms with E-state index in [9.17, 15) is 0 Å². The predicted octanol–water partition coefficient (Wildman–Crippen LogP) is 3.42. The average Bonchev–Trinajstić information content (AvgIpc) is 2.88. The van der Waals surface area contributed by atoms with Crippen LogP contribution in [0.3, 0.4) is 0 Å². The van der Waals surface area contributed by atoms with Crippen molar-refractivity contribution < 1.29 is 0 Å². The van der Waals surface area contributed by atoms with E-state index < -0.39 is 0 Å². The molecule has 0 aromatic carbocycles. The normalized spacial score (nSPS) is 26.8. The lowest BCUT2D eigenvalue weighted by atomic mass is 9.88. The predicted molar refractivity (Wildman–Crippen MR) is 78.9 cm³/mol. The van der Waals surface area contributed by atoms with Crippen LogP contribution in [-0.2, 0) is 0 Å². The molecule has 1 unspecified atom stereocenters. The number of unbranched alkanes of at least 4 members (excludes halogenated alkanes) is 4. The summed E-state index contributed by atoms with van der Waals surface area (Å²) in [4.78, 5) is 2.82. The van der Waals surface area contributed by atoms with Gasteiger partial charge in [-0.1, -0.05) is 32.6 Å². The first-order valence-electron chi connectivity index (χ1n) is 8.36. The van der Waals surface area contributed by atoms with Crippen molar-refractivity contribution in [2.24, 2.45) is 5.92 Å². The molecule has 2 nitrogen and oxygen atoms in total. The van der Waals surface area contributed by atoms with E-state index in [4.69, 9.17) is 0 Å². The average molecular weight is 252 g/mol. The molecule has 2 rings (SSSR count). The topological polar surface area (TPSA) is 15.3 Å². The summed E-state index contributed by atoms with van der Waals surface area (Å²) in [5.74, 6) is 0.990. The summed E-state index contributed by atoms with van der Waals surface area (Å²) in [6.07, 6.45) is 12.9. The number of hydrogen-bond acceptors (Lipinski definition) is 2. The van der Waals surface area contributed by atoms with Gasteiger partial charge in [-0.15, -0.1) is 0 Å². The van der Waals surface area contributed by atoms with Gasteiger partial charge in [0.1, 0.15) is 0 Å². The van der Waals surface area contributed by atoms with Gasteiger partial charge in [0.05, 0.1) is 0 Å². The van der Waals surface area contributed by atoms with Gasteiger partial charge in [-0.3, -0.25) is 0 Å². The maximum Gasteiger partial charge on any atom is 0.0125 e. The molecule has 0 aromatic rings. The Kier molecular flexibility index (Phi) is 6.50. The van der Waals surface area contributed by atoms with Crippen LogP contribution in [-0.4, -0.2) is 37.1 Å². The summed E-state index contributed by atoms with van der Waals surface area (Å²) in [6.45, 7) is 7.56. The minimum Gasteiger partial charge on any atom is -0.317 e. The van der Waals surface area contributed by atoms with Crippen LogP contribution < -0.4 is 5.32 Å². The molecule has 0 bridgehead atoms. The zero-order chi connectivity index (χ0) is 12.6. The summed E-state index contributed by atoms with van der Waals surface area (Å²) in [6, 6.07) is 0.929. The van der Waals surface area contributed by atoms with E-state index in [1.807, 2.05) is 0 Å². The number of likely N-dealkylation sites (tertiary alicyclic amines) is 1. The molecule has 2 heterocycles. The largest absolute Gasteiger partial charge is 0.317 e. The molecule has 0 saturated carbocycles. The molecule has 2 fully saturated rings. The smallest absolute Gasteiger partial charge is 0.0125 e. The van der Waals surface area contributed by atoms with Crippen molar-refractivity contribution in [3.8, 4) is 0 Å². The number of nitrogens with one attached hydrogen (secondary N) is 1. The first-order valence-corrected chi connectivity index (χ1v) is 8.36. The Morgan fingerprint density at radius 2 is 1.78 bits per heavy atom. The molecule has 2 aliphatic rings. The summed E-state index contributed by atoms with van der Waals surface area (Å²) in [5.41, 5.74) is 0. The van der Waals surface area contributed by atoms with Gasteiger partial charge in [-0.2, -0.15) is 0 Å². The van der Waals surface area contributed by atoms with Crippen molar-refractivity contribution in [2.75, 3.05) is 26.2 Å². The summed E-state index contributed by atoms with van der Waals surface area (Å²) in [5, 5.41) is 3.50. The molecule has 0 aliphatic carbocycles. The second-order valence-corrected chi connectivity index (χ2v) is 6.25. The molecule has 106 valence electrons. The molecule has 2 heteroatoms. The maximum atomic E-state index is 3.50. The van der Waals surface area contributed by atoms with E-state index in [0.29, 0.717) is 0 Å².